The first kappa shape index (κ1) is 14.4. The van der Waals surface area contributed by atoms with E-state index >= 15 is 0 Å². The topological polar surface area (TPSA) is 88.3 Å². The molecule has 0 spiro atoms. The summed E-state index contributed by atoms with van der Waals surface area (Å²) in [6.07, 6.45) is -0.250. The number of aromatic carboxylic acids is 1. The summed E-state index contributed by atoms with van der Waals surface area (Å²) in [4.78, 5) is 24.3. The van der Waals surface area contributed by atoms with E-state index in [-0.39, 0.29) is 5.91 Å². The second-order valence-electron chi connectivity index (χ2n) is 4.53. The Morgan fingerprint density at radius 1 is 1.25 bits per heavy atom. The van der Waals surface area contributed by atoms with Crippen molar-refractivity contribution in [1.29, 1.82) is 0 Å². The summed E-state index contributed by atoms with van der Waals surface area (Å²) < 4.78 is 26.4. The number of carboxylic acids is 1. The largest absolute Gasteiger partial charge is 0.476 e. The molecule has 2 rings (SSSR count). The molecule has 0 unspecified atom stereocenters. The number of hydrogen-bond acceptors (Lipinski definition) is 4. The van der Waals surface area contributed by atoms with E-state index in [1.165, 1.54) is 0 Å². The third-order valence-electron chi connectivity index (χ3n) is 3.18. The maximum absolute atomic E-state index is 12.9. The van der Waals surface area contributed by atoms with Crippen LogP contribution in [0.2, 0.25) is 0 Å². The minimum atomic E-state index is -3.05. The SMILES string of the molecule is O=C(O)c1nnn(CC(=O)N2CCCCC2)c1C(F)F. The minimum Gasteiger partial charge on any atom is -0.476 e. The molecule has 0 radical (unpaired) electrons. The molecule has 20 heavy (non-hydrogen) atoms. The average molecular weight is 288 g/mol. The Kier molecular flexibility index (Phi) is 4.26. The Labute approximate surface area is 113 Å². The summed E-state index contributed by atoms with van der Waals surface area (Å²) >= 11 is 0. The molecule has 1 aliphatic rings. The molecule has 0 atom stereocenters. The minimum absolute atomic E-state index is 0.353. The van der Waals surface area contributed by atoms with Gasteiger partial charge >= 0.3 is 5.97 Å². The summed E-state index contributed by atoms with van der Waals surface area (Å²) in [6.45, 7) is 0.757. The van der Waals surface area contributed by atoms with Crippen LogP contribution in [0.4, 0.5) is 8.78 Å². The van der Waals surface area contributed by atoms with Crippen molar-refractivity contribution >= 4 is 11.9 Å². The van der Waals surface area contributed by atoms with E-state index in [9.17, 15) is 18.4 Å². The molecule has 1 saturated heterocycles. The van der Waals surface area contributed by atoms with Crippen LogP contribution >= 0.6 is 0 Å². The molecule has 9 heteroatoms. The Balaban J connectivity index is 2.16. The van der Waals surface area contributed by atoms with Crippen LogP contribution in [0.5, 0.6) is 0 Å². The number of carboxylic acid groups (broad SMARTS) is 1. The molecule has 110 valence electrons. The highest BCUT2D eigenvalue weighted by Gasteiger charge is 2.28. The fraction of sp³-hybridized carbons (Fsp3) is 0.636. The van der Waals surface area contributed by atoms with Gasteiger partial charge in [-0.1, -0.05) is 5.21 Å². The van der Waals surface area contributed by atoms with Gasteiger partial charge in [-0.25, -0.2) is 18.3 Å². The quantitative estimate of drug-likeness (QED) is 0.890. The molecule has 0 bridgehead atoms. The van der Waals surface area contributed by atoms with Crippen molar-refractivity contribution in [2.45, 2.75) is 32.2 Å². The second-order valence-corrected chi connectivity index (χ2v) is 4.53. The van der Waals surface area contributed by atoms with Crippen molar-refractivity contribution in [3.8, 4) is 0 Å². The Hall–Kier alpha value is -2.06. The van der Waals surface area contributed by atoms with Gasteiger partial charge in [0.2, 0.25) is 5.91 Å². The van der Waals surface area contributed by atoms with Gasteiger partial charge in [-0.3, -0.25) is 4.79 Å². The average Bonchev–Trinajstić information content (AvgIpc) is 2.83. The normalized spacial score (nSPS) is 15.7. The number of amides is 1. The lowest BCUT2D eigenvalue weighted by Gasteiger charge is -2.26. The number of hydrogen-bond donors (Lipinski definition) is 1. The number of piperidine rings is 1. The van der Waals surface area contributed by atoms with E-state index < -0.39 is 30.3 Å². The highest BCUT2D eigenvalue weighted by molar-refractivity contribution is 5.86. The predicted molar refractivity (Wildman–Crippen MR) is 62.4 cm³/mol. The van der Waals surface area contributed by atoms with Crippen molar-refractivity contribution in [3.63, 3.8) is 0 Å². The van der Waals surface area contributed by atoms with Gasteiger partial charge in [0.15, 0.2) is 5.69 Å². The third kappa shape index (κ3) is 2.91. The van der Waals surface area contributed by atoms with Crippen LogP contribution in [0.3, 0.4) is 0 Å². The van der Waals surface area contributed by atoms with E-state index in [1.54, 1.807) is 4.90 Å². The number of carbonyl (C=O) groups is 2. The highest BCUT2D eigenvalue weighted by atomic mass is 19.3. The van der Waals surface area contributed by atoms with E-state index in [0.29, 0.717) is 17.8 Å². The number of likely N-dealkylation sites (tertiary alicyclic amines) is 1. The zero-order valence-corrected chi connectivity index (χ0v) is 10.6. The fourth-order valence-corrected chi connectivity index (χ4v) is 2.18. The monoisotopic (exact) mass is 288 g/mol. The molecule has 1 aromatic heterocycles. The molecule has 2 heterocycles. The van der Waals surface area contributed by atoms with Gasteiger partial charge in [0.1, 0.15) is 12.2 Å². The zero-order chi connectivity index (χ0) is 14.7. The van der Waals surface area contributed by atoms with Crippen LogP contribution in [0, 0.1) is 0 Å². The van der Waals surface area contributed by atoms with E-state index in [0.717, 1.165) is 19.3 Å². The summed E-state index contributed by atoms with van der Waals surface area (Å²) in [5.74, 6) is -1.94. The highest BCUT2D eigenvalue weighted by Crippen LogP contribution is 2.21. The number of aromatic nitrogens is 3. The Morgan fingerprint density at radius 2 is 1.90 bits per heavy atom. The van der Waals surface area contributed by atoms with Crippen molar-refractivity contribution < 1.29 is 23.5 Å². The van der Waals surface area contributed by atoms with Crippen LogP contribution < -0.4 is 0 Å². The van der Waals surface area contributed by atoms with Gasteiger partial charge in [-0.15, -0.1) is 5.10 Å². The second kappa shape index (κ2) is 5.93. The lowest BCUT2D eigenvalue weighted by atomic mass is 10.1. The molecule has 0 saturated carbocycles. The molecule has 1 aliphatic heterocycles. The lowest BCUT2D eigenvalue weighted by Crippen LogP contribution is -2.38. The van der Waals surface area contributed by atoms with Crippen LogP contribution in [-0.4, -0.2) is 50.0 Å². The van der Waals surface area contributed by atoms with Crippen molar-refractivity contribution in [1.82, 2.24) is 19.9 Å². The van der Waals surface area contributed by atoms with E-state index in [1.807, 2.05) is 0 Å². The first-order valence-electron chi connectivity index (χ1n) is 6.23. The Bertz CT molecular complexity index is 512. The molecule has 1 N–H and O–H groups in total. The molecule has 1 fully saturated rings. The molecule has 0 aromatic carbocycles. The van der Waals surface area contributed by atoms with Crippen LogP contribution in [0.1, 0.15) is 41.9 Å². The van der Waals surface area contributed by atoms with Crippen LogP contribution in [-0.2, 0) is 11.3 Å². The predicted octanol–water partition coefficient (Wildman–Crippen LogP) is 0.926. The fourth-order valence-electron chi connectivity index (χ4n) is 2.18. The third-order valence-corrected chi connectivity index (χ3v) is 3.18. The first-order chi connectivity index (χ1) is 9.50. The van der Waals surface area contributed by atoms with Crippen LogP contribution in [0.15, 0.2) is 0 Å². The van der Waals surface area contributed by atoms with Gasteiger partial charge in [0.05, 0.1) is 0 Å². The molecular formula is C11H14F2N4O3. The van der Waals surface area contributed by atoms with Gasteiger partial charge < -0.3 is 10.0 Å². The summed E-state index contributed by atoms with van der Waals surface area (Å²) in [5.41, 5.74) is -1.64. The lowest BCUT2D eigenvalue weighted by molar-refractivity contribution is -0.133. The maximum Gasteiger partial charge on any atom is 0.358 e. The van der Waals surface area contributed by atoms with E-state index in [2.05, 4.69) is 10.3 Å². The standard InChI is InChI=1S/C11H14F2N4O3/c12-10(13)9-8(11(19)20)14-15-17(9)6-7(18)16-4-2-1-3-5-16/h10H,1-6H2,(H,19,20). The number of carbonyl (C=O) groups excluding carboxylic acids is 1. The maximum atomic E-state index is 12.9. The smallest absolute Gasteiger partial charge is 0.358 e. The number of nitrogens with zero attached hydrogens (tertiary/aromatic N) is 4. The summed E-state index contributed by atoms with van der Waals surface area (Å²) in [7, 11) is 0. The van der Waals surface area contributed by atoms with Gasteiger partial charge in [-0.05, 0) is 19.3 Å². The van der Waals surface area contributed by atoms with Crippen molar-refractivity contribution in [3.05, 3.63) is 11.4 Å². The van der Waals surface area contributed by atoms with Crippen LogP contribution in [0.25, 0.3) is 0 Å². The molecular weight excluding hydrogens is 274 g/mol. The van der Waals surface area contributed by atoms with E-state index in [4.69, 9.17) is 5.11 Å². The summed E-state index contributed by atoms with van der Waals surface area (Å²) in [6, 6.07) is 0. The molecule has 7 nitrogen and oxygen atoms in total. The first-order valence-corrected chi connectivity index (χ1v) is 6.23. The molecule has 1 amide bonds. The van der Waals surface area contributed by atoms with Gasteiger partial charge in [0.25, 0.3) is 6.43 Å². The van der Waals surface area contributed by atoms with Crippen molar-refractivity contribution in [2.24, 2.45) is 0 Å². The molecule has 0 aliphatic carbocycles. The number of alkyl halides is 2. The van der Waals surface area contributed by atoms with Gasteiger partial charge in [0, 0.05) is 13.1 Å². The zero-order valence-electron chi connectivity index (χ0n) is 10.6. The number of rotatable bonds is 4. The van der Waals surface area contributed by atoms with Crippen molar-refractivity contribution in [2.75, 3.05) is 13.1 Å². The number of halogens is 2. The Morgan fingerprint density at radius 3 is 2.45 bits per heavy atom. The molecule has 1 aromatic rings. The summed E-state index contributed by atoms with van der Waals surface area (Å²) in [5, 5.41) is 15.3. The van der Waals surface area contributed by atoms with Gasteiger partial charge in [-0.2, -0.15) is 0 Å².